The molecule has 3 amide bonds. The number of nitrogens with one attached hydrogen (secondary N) is 3. The number of carbonyl (C=O) groups is 4. The summed E-state index contributed by atoms with van der Waals surface area (Å²) in [6, 6.07) is 0. The summed E-state index contributed by atoms with van der Waals surface area (Å²) in [4.78, 5) is 59.5. The van der Waals surface area contributed by atoms with Gasteiger partial charge in [-0.3, -0.25) is 38.8 Å². The van der Waals surface area contributed by atoms with Crippen molar-refractivity contribution in [3.8, 4) is 34.5 Å². The minimum absolute atomic E-state index is 0. The Hall–Kier alpha value is -0.446. The number of phenols is 5. The molecule has 3 atom stereocenters. The van der Waals surface area contributed by atoms with Crippen LogP contribution in [-0.4, -0.2) is 228 Å². The number of aliphatic hydroxyl groups excluding tert-OH is 6. The number of benzene rings is 3. The van der Waals surface area contributed by atoms with Crippen molar-refractivity contribution in [1.29, 1.82) is 0 Å². The smallest absolute Gasteiger partial charge is 0.317 e. The molecule has 4 rings (SSSR count). The van der Waals surface area contributed by atoms with Gasteiger partial charge in [-0.05, 0) is 136 Å². The summed E-state index contributed by atoms with van der Waals surface area (Å²) in [5, 5.41) is 133. The van der Waals surface area contributed by atoms with Crippen molar-refractivity contribution in [3.63, 3.8) is 0 Å². The summed E-state index contributed by atoms with van der Waals surface area (Å²) in [7, 11) is 1.37. The van der Waals surface area contributed by atoms with E-state index >= 15 is 0 Å². The van der Waals surface area contributed by atoms with Crippen molar-refractivity contribution in [2.45, 2.75) is 37.9 Å². The first-order chi connectivity index (χ1) is 34.9. The van der Waals surface area contributed by atoms with Crippen molar-refractivity contribution in [1.82, 2.24) is 35.6 Å². The maximum atomic E-state index is 13.4. The summed E-state index contributed by atoms with van der Waals surface area (Å²) < 4.78 is 6.74. The Kier molecular flexibility index (Phi) is 30.2. The third kappa shape index (κ3) is 18.5. The first-order valence-corrected chi connectivity index (χ1v) is 28.8. The fraction of sp³-hybridized carbons (Fsp3) is 0.500. The molecule has 1 saturated heterocycles. The normalized spacial score (nSPS) is 15.7. The monoisotopic (exact) mass is 1890 g/mol. The van der Waals surface area contributed by atoms with E-state index in [4.69, 9.17) is 4.74 Å². The number of aliphatic hydroxyl groups is 6. The molecule has 0 aromatic heterocycles. The zero-order valence-corrected chi connectivity index (χ0v) is 54.3. The second-order valence-corrected chi connectivity index (χ2v) is 23.3. The molecule has 1 aliphatic rings. The Bertz CT molecular complexity index is 2360. The minimum atomic E-state index is -1.25. The molecule has 31 heteroatoms. The van der Waals surface area contributed by atoms with Gasteiger partial charge in [0.25, 0.3) is 17.7 Å². The van der Waals surface area contributed by atoms with Crippen LogP contribution in [0, 0.1) is 58.3 Å². The average Bonchev–Trinajstić information content (AvgIpc) is 3.36. The Morgan fingerprint density at radius 2 is 0.733 bits per heavy atom. The van der Waals surface area contributed by atoms with Crippen LogP contribution >= 0.6 is 136 Å². The van der Waals surface area contributed by atoms with E-state index in [0.717, 1.165) is 0 Å². The van der Waals surface area contributed by atoms with Crippen LogP contribution in [0.2, 0.25) is 0 Å². The fourth-order valence-corrected chi connectivity index (χ4v) is 14.4. The third-order valence-corrected chi connectivity index (χ3v) is 18.0. The van der Waals surface area contributed by atoms with E-state index in [-0.39, 0.29) is 192 Å². The van der Waals surface area contributed by atoms with Gasteiger partial charge in [-0.2, -0.15) is 0 Å². The van der Waals surface area contributed by atoms with Gasteiger partial charge in [-0.25, -0.2) is 0 Å². The summed E-state index contributed by atoms with van der Waals surface area (Å²) in [5.74, 6) is -4.87. The van der Waals surface area contributed by atoms with Crippen molar-refractivity contribution < 1.29 is 122 Å². The molecular weight excluding hydrogens is 1830 g/mol. The number of nitrogens with zero attached hydrogens (tertiary/aromatic N) is 4. The molecule has 0 bridgehead atoms. The molecule has 3 aromatic carbocycles. The van der Waals surface area contributed by atoms with Gasteiger partial charge in [0.2, 0.25) is 0 Å². The summed E-state index contributed by atoms with van der Waals surface area (Å²) >= 11 is 10.9. The number of rotatable bonds is 21. The predicted octanol–water partition coefficient (Wildman–Crippen LogP) is 0.306. The molecule has 0 spiro atoms. The third-order valence-electron chi connectivity index (χ3n) is 11.7. The number of carboxylic acid groups (broad SMARTS) is 1. The topological polar surface area (TPSA) is 369 Å². The number of carbonyl (C=O) groups excluding carboxylic acids is 3. The molecule has 75 heavy (non-hydrogen) atoms. The van der Waals surface area contributed by atoms with Crippen LogP contribution in [-0.2, 0) is 24.4 Å². The van der Waals surface area contributed by atoms with Crippen LogP contribution in [0.5, 0.6) is 34.5 Å². The van der Waals surface area contributed by atoms with Crippen LogP contribution in [0.3, 0.4) is 0 Å². The number of aliphatic carboxylic acids is 1. The van der Waals surface area contributed by atoms with E-state index in [0.29, 0.717) is 9.13 Å². The van der Waals surface area contributed by atoms with E-state index < -0.39 is 84.8 Å². The zero-order valence-electron chi connectivity index (χ0n) is 39.7. The molecule has 0 saturated carbocycles. The van der Waals surface area contributed by atoms with E-state index in [1.165, 1.54) is 7.11 Å². The number of hydrogen-bond donors (Lipinski definition) is 15. The van der Waals surface area contributed by atoms with E-state index in [9.17, 15) is 80.5 Å². The molecule has 1 fully saturated rings. The zero-order chi connectivity index (χ0) is 55.3. The minimum Gasteiger partial charge on any atom is -0.506 e. The molecule has 3 unspecified atom stereocenters. The summed E-state index contributed by atoms with van der Waals surface area (Å²) in [6.45, 7) is -1.83. The van der Waals surface area contributed by atoms with Gasteiger partial charge in [0.15, 0.2) is 0 Å². The molecule has 427 valence electrons. The second kappa shape index (κ2) is 32.9. The number of hydrogen-bond acceptors (Lipinski definition) is 20. The van der Waals surface area contributed by atoms with Gasteiger partial charge in [-0.1, -0.05) is 0 Å². The summed E-state index contributed by atoms with van der Waals surface area (Å²) in [5.41, 5.74) is 0.388. The van der Waals surface area contributed by atoms with Crippen LogP contribution in [0.4, 0.5) is 0 Å². The average molecular weight is 1890 g/mol. The SMILES string of the molecule is COc1c(I)c(C(=O)NCC(O)CO)c(I)c(O)c1CN1CCN(Cc2c(O)c(I)c(C(=O)NCC(O)CO)c(I)c2O)CCN(CC(=O)O)CCN(Cc2c(O)c(I)c(C(=O)NCC(O)CO)c(I)c2O)CC1.[Lu]. The molecule has 15 N–H and O–H groups in total. The van der Waals surface area contributed by atoms with Gasteiger partial charge < -0.3 is 82.0 Å². The van der Waals surface area contributed by atoms with E-state index in [2.05, 4.69) is 16.0 Å². The van der Waals surface area contributed by atoms with Crippen LogP contribution in [0.15, 0.2) is 0 Å². The van der Waals surface area contributed by atoms with Crippen molar-refractivity contribution in [2.75, 3.05) is 105 Å². The largest absolute Gasteiger partial charge is 0.506 e. The molecule has 0 aliphatic carbocycles. The Morgan fingerprint density at radius 1 is 0.480 bits per heavy atom. The first kappa shape index (κ1) is 68.8. The summed E-state index contributed by atoms with van der Waals surface area (Å²) in [6.07, 6.45) is -3.72. The number of halogens is 6. The number of phenolic OH excluding ortho intramolecular Hbond substituents is 5. The Labute approximate surface area is 542 Å². The number of aromatic hydroxyl groups is 5. The van der Waals surface area contributed by atoms with E-state index in [1.807, 2.05) is 59.9 Å². The number of ether oxygens (including phenoxy) is 1. The molecule has 1 aliphatic heterocycles. The molecule has 1 heterocycles. The Morgan fingerprint density at radius 3 is 1.00 bits per heavy atom. The van der Waals surface area contributed by atoms with Crippen molar-refractivity contribution in [2.24, 2.45) is 0 Å². The van der Waals surface area contributed by atoms with Gasteiger partial charge in [0.1, 0.15) is 34.5 Å². The molecule has 24 nitrogen and oxygen atoms in total. The quantitative estimate of drug-likeness (QED) is 0.0638. The second-order valence-electron chi connectivity index (χ2n) is 16.9. The maximum Gasteiger partial charge on any atom is 0.317 e. The van der Waals surface area contributed by atoms with Crippen LogP contribution in [0.1, 0.15) is 47.8 Å². The van der Waals surface area contributed by atoms with Gasteiger partial charge >= 0.3 is 5.97 Å². The maximum absolute atomic E-state index is 13.4. The van der Waals surface area contributed by atoms with Crippen molar-refractivity contribution in [3.05, 3.63) is 54.8 Å². The number of amides is 3. The Balaban J connectivity index is 0.0000148. The molecule has 3 aromatic rings. The van der Waals surface area contributed by atoms with Gasteiger partial charge in [-0.15, -0.1) is 0 Å². The van der Waals surface area contributed by atoms with Crippen LogP contribution < -0.4 is 20.7 Å². The number of carboxylic acids is 1. The fourth-order valence-electron chi connectivity index (χ4n) is 7.54. The van der Waals surface area contributed by atoms with Crippen molar-refractivity contribution >= 4 is 159 Å². The molecular formula is C44H57I6LuN7O17. The van der Waals surface area contributed by atoms with Crippen LogP contribution in [0.25, 0.3) is 0 Å². The van der Waals surface area contributed by atoms with E-state index in [1.54, 1.807) is 95.3 Å². The van der Waals surface area contributed by atoms with Gasteiger partial charge in [0.05, 0.1) is 107 Å². The predicted molar refractivity (Wildman–Crippen MR) is 317 cm³/mol. The number of methoxy groups -OCH3 is 1. The first-order valence-electron chi connectivity index (χ1n) is 22.3. The van der Waals surface area contributed by atoms with Gasteiger partial charge in [0, 0.05) is 129 Å². The molecule has 1 radical (unpaired) electrons. The standard InChI is InChI=1S/C44H57I6N7O17.Lu/c1-74-41-25(40(70)34(49)29(35(41)50)44(73)53-12-22(63)19-60)15-56-4-2-54(13-23-36(66)30(45)27(31(46)37(23)67)42(71)51-10-20(61)17-58)6-8-57(16-26(64)65)9-7-55(3-5-56)14-24-38(68)32(47)28(33(48)39(24)69)43(72)52-11-21(62)18-59;/h20-22,58-63,66-70H,2-19H2,1H3,(H,51,71)(H,52,72)(H,53,73)(H,64,65);.